The van der Waals surface area contributed by atoms with Gasteiger partial charge >= 0.3 is 0 Å². The van der Waals surface area contributed by atoms with Gasteiger partial charge in [0.1, 0.15) is 6.10 Å². The first-order valence-electron chi connectivity index (χ1n) is 5.77. The largest absolute Gasteiger partial charge is 0.390 e. The molecular formula is C13H18O4. The van der Waals surface area contributed by atoms with Gasteiger partial charge < -0.3 is 19.3 Å². The molecule has 0 spiro atoms. The van der Waals surface area contributed by atoms with Crippen molar-refractivity contribution in [2.24, 2.45) is 0 Å². The summed E-state index contributed by atoms with van der Waals surface area (Å²) in [6.45, 7) is 0.857. The highest BCUT2D eigenvalue weighted by Crippen LogP contribution is 2.18. The van der Waals surface area contributed by atoms with E-state index in [9.17, 15) is 5.11 Å². The smallest absolute Gasteiger partial charge is 0.159 e. The molecule has 1 saturated heterocycles. The Balaban J connectivity index is 1.80. The first-order valence-corrected chi connectivity index (χ1v) is 5.77. The average molecular weight is 238 g/mol. The lowest BCUT2D eigenvalue weighted by molar-refractivity contribution is -0.218. The molecule has 1 fully saturated rings. The highest BCUT2D eigenvalue weighted by atomic mass is 16.7. The molecule has 0 amide bonds. The summed E-state index contributed by atoms with van der Waals surface area (Å²) in [6, 6.07) is 9.88. The molecule has 4 nitrogen and oxygen atoms in total. The molecule has 2 rings (SSSR count). The molecular weight excluding hydrogens is 220 g/mol. The van der Waals surface area contributed by atoms with E-state index >= 15 is 0 Å². The van der Waals surface area contributed by atoms with Gasteiger partial charge in [-0.15, -0.1) is 0 Å². The number of hydrogen-bond donors (Lipinski definition) is 1. The third-order valence-corrected chi connectivity index (χ3v) is 2.88. The fraction of sp³-hybridized carbons (Fsp3) is 0.538. The number of methoxy groups -OCH3 is 1. The summed E-state index contributed by atoms with van der Waals surface area (Å²) in [4.78, 5) is 0. The Kier molecular flexibility index (Phi) is 4.50. The molecule has 1 aliphatic rings. The van der Waals surface area contributed by atoms with E-state index in [0.717, 1.165) is 5.56 Å². The fourth-order valence-corrected chi connectivity index (χ4v) is 1.83. The fourth-order valence-electron chi connectivity index (χ4n) is 1.83. The summed E-state index contributed by atoms with van der Waals surface area (Å²) in [6.07, 6.45) is -0.670. The molecule has 0 radical (unpaired) electrons. The second-order valence-electron chi connectivity index (χ2n) is 4.14. The van der Waals surface area contributed by atoms with E-state index in [1.54, 1.807) is 7.11 Å². The first kappa shape index (κ1) is 12.5. The minimum Gasteiger partial charge on any atom is -0.390 e. The van der Waals surface area contributed by atoms with Crippen LogP contribution >= 0.6 is 0 Å². The van der Waals surface area contributed by atoms with Crippen molar-refractivity contribution in [1.82, 2.24) is 0 Å². The van der Waals surface area contributed by atoms with E-state index in [2.05, 4.69) is 0 Å². The van der Waals surface area contributed by atoms with Crippen LogP contribution in [0.3, 0.4) is 0 Å². The Morgan fingerprint density at radius 3 is 2.76 bits per heavy atom. The first-order chi connectivity index (χ1) is 8.29. The number of benzene rings is 1. The quantitative estimate of drug-likeness (QED) is 0.859. The molecule has 4 heteroatoms. The lowest BCUT2D eigenvalue weighted by Crippen LogP contribution is -2.43. The van der Waals surface area contributed by atoms with Crippen molar-refractivity contribution in [3.05, 3.63) is 35.9 Å². The SMILES string of the molecule is CO[C@H]1C[C@@H](O)[C@H](OCc2ccccc2)CO1. The third kappa shape index (κ3) is 3.51. The van der Waals surface area contributed by atoms with Crippen LogP contribution < -0.4 is 0 Å². The van der Waals surface area contributed by atoms with Crippen molar-refractivity contribution in [3.63, 3.8) is 0 Å². The van der Waals surface area contributed by atoms with E-state index in [4.69, 9.17) is 14.2 Å². The van der Waals surface area contributed by atoms with Crippen LogP contribution in [0.1, 0.15) is 12.0 Å². The molecule has 94 valence electrons. The van der Waals surface area contributed by atoms with Crippen molar-refractivity contribution in [2.45, 2.75) is 31.5 Å². The molecule has 1 aromatic carbocycles. The maximum atomic E-state index is 9.86. The summed E-state index contributed by atoms with van der Waals surface area (Å²) in [7, 11) is 1.57. The van der Waals surface area contributed by atoms with Crippen LogP contribution in [0, 0.1) is 0 Å². The zero-order valence-corrected chi connectivity index (χ0v) is 9.91. The normalized spacial score (nSPS) is 29.2. The van der Waals surface area contributed by atoms with Gasteiger partial charge in [-0.3, -0.25) is 0 Å². The number of rotatable bonds is 4. The van der Waals surface area contributed by atoms with Crippen molar-refractivity contribution >= 4 is 0 Å². The van der Waals surface area contributed by atoms with E-state index in [-0.39, 0.29) is 12.4 Å². The Bertz CT molecular complexity index is 327. The van der Waals surface area contributed by atoms with Gasteiger partial charge in [0.25, 0.3) is 0 Å². The molecule has 1 aliphatic heterocycles. The van der Waals surface area contributed by atoms with Crippen LogP contribution in [0.2, 0.25) is 0 Å². The molecule has 0 bridgehead atoms. The Morgan fingerprint density at radius 2 is 2.12 bits per heavy atom. The summed E-state index contributed by atoms with van der Waals surface area (Å²) in [5.74, 6) is 0. The minimum absolute atomic E-state index is 0.276. The van der Waals surface area contributed by atoms with Gasteiger partial charge in [-0.2, -0.15) is 0 Å². The minimum atomic E-state index is -0.530. The lowest BCUT2D eigenvalue weighted by atomic mass is 10.1. The number of aliphatic hydroxyl groups is 1. The van der Waals surface area contributed by atoms with Crippen molar-refractivity contribution < 1.29 is 19.3 Å². The van der Waals surface area contributed by atoms with Gasteiger partial charge in [0.2, 0.25) is 0 Å². The van der Waals surface area contributed by atoms with Crippen LogP contribution in [-0.2, 0) is 20.8 Å². The van der Waals surface area contributed by atoms with Crippen molar-refractivity contribution in [2.75, 3.05) is 13.7 Å². The lowest BCUT2D eigenvalue weighted by Gasteiger charge is -2.32. The van der Waals surface area contributed by atoms with Crippen molar-refractivity contribution in [1.29, 1.82) is 0 Å². The van der Waals surface area contributed by atoms with E-state index in [1.807, 2.05) is 30.3 Å². The van der Waals surface area contributed by atoms with Crippen LogP contribution in [0.5, 0.6) is 0 Å². The Labute approximate surface area is 101 Å². The van der Waals surface area contributed by atoms with Gasteiger partial charge in [-0.05, 0) is 5.56 Å². The summed E-state index contributed by atoms with van der Waals surface area (Å²) < 4.78 is 16.1. The molecule has 0 saturated carbocycles. The summed E-state index contributed by atoms with van der Waals surface area (Å²) in [5.41, 5.74) is 1.09. The second-order valence-corrected chi connectivity index (χ2v) is 4.14. The number of aliphatic hydroxyl groups excluding tert-OH is 1. The average Bonchev–Trinajstić information content (AvgIpc) is 2.38. The molecule has 0 aromatic heterocycles. The summed E-state index contributed by atoms with van der Waals surface area (Å²) in [5, 5.41) is 9.86. The zero-order valence-electron chi connectivity index (χ0n) is 9.91. The maximum Gasteiger partial charge on any atom is 0.159 e. The third-order valence-electron chi connectivity index (χ3n) is 2.88. The second kappa shape index (κ2) is 6.12. The molecule has 0 aliphatic carbocycles. The maximum absolute atomic E-state index is 9.86. The van der Waals surface area contributed by atoms with Crippen molar-refractivity contribution in [3.8, 4) is 0 Å². The Hall–Kier alpha value is -0.940. The van der Waals surface area contributed by atoms with E-state index in [0.29, 0.717) is 19.6 Å². The van der Waals surface area contributed by atoms with Crippen LogP contribution in [0.4, 0.5) is 0 Å². The number of hydrogen-bond acceptors (Lipinski definition) is 4. The topological polar surface area (TPSA) is 47.9 Å². The van der Waals surface area contributed by atoms with Gasteiger partial charge in [-0.1, -0.05) is 30.3 Å². The van der Waals surface area contributed by atoms with E-state index in [1.165, 1.54) is 0 Å². The zero-order chi connectivity index (χ0) is 12.1. The van der Waals surface area contributed by atoms with Gasteiger partial charge in [-0.25, -0.2) is 0 Å². The van der Waals surface area contributed by atoms with E-state index < -0.39 is 6.10 Å². The van der Waals surface area contributed by atoms with Crippen LogP contribution in [-0.4, -0.2) is 37.3 Å². The molecule has 1 N–H and O–H groups in total. The molecule has 3 atom stereocenters. The predicted molar refractivity (Wildman–Crippen MR) is 62.4 cm³/mol. The van der Waals surface area contributed by atoms with Gasteiger partial charge in [0, 0.05) is 13.5 Å². The van der Waals surface area contributed by atoms with Gasteiger partial charge in [0.15, 0.2) is 6.29 Å². The molecule has 17 heavy (non-hydrogen) atoms. The van der Waals surface area contributed by atoms with Gasteiger partial charge in [0.05, 0.1) is 19.3 Å². The van der Waals surface area contributed by atoms with Crippen LogP contribution in [0.15, 0.2) is 30.3 Å². The van der Waals surface area contributed by atoms with Crippen LogP contribution in [0.25, 0.3) is 0 Å². The monoisotopic (exact) mass is 238 g/mol. The predicted octanol–water partition coefficient (Wildman–Crippen LogP) is 1.33. The molecule has 1 heterocycles. The highest BCUT2D eigenvalue weighted by molar-refractivity contribution is 5.13. The molecule has 1 aromatic rings. The molecule has 0 unspecified atom stereocenters. The summed E-state index contributed by atoms with van der Waals surface area (Å²) >= 11 is 0. The highest BCUT2D eigenvalue weighted by Gasteiger charge is 2.30. The number of ether oxygens (including phenoxy) is 3. The standard InChI is InChI=1S/C13H18O4/c1-15-13-7-11(14)12(9-17-13)16-8-10-5-3-2-4-6-10/h2-6,11-14H,7-9H2,1H3/t11-,12-,13-/m1/s1. The Morgan fingerprint density at radius 1 is 1.35 bits per heavy atom.